The maximum absolute atomic E-state index is 11.3. The van der Waals surface area contributed by atoms with E-state index in [1.54, 1.807) is 24.4 Å². The lowest BCUT2D eigenvalue weighted by atomic mass is 10.0. The molecule has 4 aromatic rings. The van der Waals surface area contributed by atoms with E-state index in [2.05, 4.69) is 4.98 Å². The zero-order valence-corrected chi connectivity index (χ0v) is 15.1. The fourth-order valence-corrected chi connectivity index (χ4v) is 3.24. The molecule has 0 aliphatic carbocycles. The summed E-state index contributed by atoms with van der Waals surface area (Å²) in [4.78, 5) is 15.8. The minimum Gasteiger partial charge on any atom is -0.496 e. The molecule has 0 aliphatic rings. The molecule has 1 N–H and O–H groups in total. The predicted molar refractivity (Wildman–Crippen MR) is 105 cm³/mol. The van der Waals surface area contributed by atoms with Crippen LogP contribution in [0.25, 0.3) is 28.0 Å². The van der Waals surface area contributed by atoms with Crippen LogP contribution < -0.4 is 4.74 Å². The van der Waals surface area contributed by atoms with Gasteiger partial charge in [-0.1, -0.05) is 35.9 Å². The summed E-state index contributed by atoms with van der Waals surface area (Å²) in [6.45, 7) is 0. The second-order valence-corrected chi connectivity index (χ2v) is 6.46. The minimum absolute atomic E-state index is 0.129. The molecule has 0 saturated carbocycles. The fraction of sp³-hybridized carbons (Fsp3) is 0.0476. The van der Waals surface area contributed by atoms with Crippen molar-refractivity contribution in [3.8, 4) is 28.3 Å². The van der Waals surface area contributed by atoms with Crippen LogP contribution in [0.3, 0.4) is 0 Å². The third-order valence-electron chi connectivity index (χ3n) is 4.38. The number of halogens is 1. The van der Waals surface area contributed by atoms with Crippen molar-refractivity contribution >= 4 is 23.1 Å². The highest BCUT2D eigenvalue weighted by atomic mass is 35.5. The highest BCUT2D eigenvalue weighted by Crippen LogP contribution is 2.29. The molecule has 0 saturated heterocycles. The molecular weight excluding hydrogens is 364 g/mol. The van der Waals surface area contributed by atoms with Crippen molar-refractivity contribution < 1.29 is 14.6 Å². The lowest BCUT2D eigenvalue weighted by Gasteiger charge is -2.09. The Bertz CT molecular complexity index is 1170. The molecule has 5 nitrogen and oxygen atoms in total. The van der Waals surface area contributed by atoms with E-state index in [0.29, 0.717) is 10.8 Å². The van der Waals surface area contributed by atoms with Gasteiger partial charge in [0, 0.05) is 16.8 Å². The Morgan fingerprint density at radius 2 is 1.89 bits per heavy atom. The Labute approximate surface area is 160 Å². The molecule has 134 valence electrons. The van der Waals surface area contributed by atoms with E-state index in [9.17, 15) is 9.90 Å². The number of fused-ring (bicyclic) bond motifs is 1. The molecular formula is C21H15ClN2O3. The number of nitrogens with zero attached hydrogens (tertiary/aromatic N) is 2. The standard InChI is InChI=1S/C21H15ClN2O3/c1-27-19-10-13(6-8-18(19)21(25)26)15-5-7-17-11-23-20(24(17)12-15)14-3-2-4-16(22)9-14/h2-12H,1H3,(H,25,26). The van der Waals surface area contributed by atoms with Gasteiger partial charge in [0.25, 0.3) is 0 Å². The van der Waals surface area contributed by atoms with Crippen LogP contribution in [-0.4, -0.2) is 27.6 Å². The molecule has 2 aromatic heterocycles. The van der Waals surface area contributed by atoms with Crippen molar-refractivity contribution in [2.24, 2.45) is 0 Å². The van der Waals surface area contributed by atoms with E-state index in [0.717, 1.165) is 28.0 Å². The number of methoxy groups -OCH3 is 1. The molecule has 2 heterocycles. The van der Waals surface area contributed by atoms with E-state index >= 15 is 0 Å². The van der Waals surface area contributed by atoms with Gasteiger partial charge in [0.1, 0.15) is 17.1 Å². The molecule has 0 atom stereocenters. The molecule has 0 spiro atoms. The van der Waals surface area contributed by atoms with Crippen molar-refractivity contribution in [1.29, 1.82) is 0 Å². The predicted octanol–water partition coefficient (Wildman–Crippen LogP) is 5.03. The number of rotatable bonds is 4. The largest absolute Gasteiger partial charge is 0.496 e. The Balaban J connectivity index is 1.84. The van der Waals surface area contributed by atoms with Crippen LogP contribution in [0, 0.1) is 0 Å². The summed E-state index contributed by atoms with van der Waals surface area (Å²) in [6.07, 6.45) is 3.77. The molecule has 0 aliphatic heterocycles. The molecule has 0 amide bonds. The van der Waals surface area contributed by atoms with Crippen molar-refractivity contribution in [1.82, 2.24) is 9.38 Å². The van der Waals surface area contributed by atoms with Gasteiger partial charge >= 0.3 is 5.97 Å². The lowest BCUT2D eigenvalue weighted by Crippen LogP contribution is -2.00. The average molecular weight is 379 g/mol. The number of hydrogen-bond donors (Lipinski definition) is 1. The molecule has 0 unspecified atom stereocenters. The summed E-state index contributed by atoms with van der Waals surface area (Å²) in [6, 6.07) is 16.5. The molecule has 0 bridgehead atoms. The maximum Gasteiger partial charge on any atom is 0.339 e. The van der Waals surface area contributed by atoms with Crippen molar-refractivity contribution in [2.75, 3.05) is 7.11 Å². The number of ether oxygens (including phenoxy) is 1. The lowest BCUT2D eigenvalue weighted by molar-refractivity contribution is 0.0693. The fourth-order valence-electron chi connectivity index (χ4n) is 3.05. The van der Waals surface area contributed by atoms with Gasteiger partial charge in [-0.15, -0.1) is 0 Å². The summed E-state index contributed by atoms with van der Waals surface area (Å²) in [5.74, 6) is 0.0796. The van der Waals surface area contributed by atoms with Crippen LogP contribution in [0.15, 0.2) is 67.0 Å². The van der Waals surface area contributed by atoms with E-state index < -0.39 is 5.97 Å². The molecule has 2 aromatic carbocycles. The van der Waals surface area contributed by atoms with Crippen molar-refractivity contribution in [3.05, 3.63) is 77.6 Å². The van der Waals surface area contributed by atoms with Crippen LogP contribution in [0.2, 0.25) is 5.02 Å². The van der Waals surface area contributed by atoms with Gasteiger partial charge in [-0.25, -0.2) is 9.78 Å². The first-order valence-electron chi connectivity index (χ1n) is 8.21. The third-order valence-corrected chi connectivity index (χ3v) is 4.61. The number of imidazole rings is 1. The van der Waals surface area contributed by atoms with E-state index in [-0.39, 0.29) is 5.56 Å². The molecule has 6 heteroatoms. The van der Waals surface area contributed by atoms with Gasteiger partial charge in [-0.3, -0.25) is 4.40 Å². The maximum atomic E-state index is 11.3. The monoisotopic (exact) mass is 378 g/mol. The van der Waals surface area contributed by atoms with E-state index in [1.165, 1.54) is 7.11 Å². The summed E-state index contributed by atoms with van der Waals surface area (Å²) in [5, 5.41) is 9.90. The molecule has 27 heavy (non-hydrogen) atoms. The number of aromatic nitrogens is 2. The zero-order chi connectivity index (χ0) is 19.0. The van der Waals surface area contributed by atoms with Crippen molar-refractivity contribution in [2.45, 2.75) is 0 Å². The molecule has 0 radical (unpaired) electrons. The van der Waals surface area contributed by atoms with Crippen LogP contribution in [0.5, 0.6) is 5.75 Å². The Hall–Kier alpha value is -3.31. The number of pyridine rings is 1. The van der Waals surface area contributed by atoms with Crippen molar-refractivity contribution in [3.63, 3.8) is 0 Å². The van der Waals surface area contributed by atoms with Crippen LogP contribution >= 0.6 is 11.6 Å². The number of benzene rings is 2. The quantitative estimate of drug-likeness (QED) is 0.541. The smallest absolute Gasteiger partial charge is 0.339 e. The first-order chi connectivity index (χ1) is 13.1. The summed E-state index contributed by atoms with van der Waals surface area (Å²) in [5.41, 5.74) is 3.76. The Morgan fingerprint density at radius 1 is 1.07 bits per heavy atom. The normalized spacial score (nSPS) is 10.9. The van der Waals surface area contributed by atoms with Gasteiger partial charge in [-0.2, -0.15) is 0 Å². The number of carboxylic acid groups (broad SMARTS) is 1. The summed E-state index contributed by atoms with van der Waals surface area (Å²) >= 11 is 6.11. The second kappa shape index (κ2) is 6.78. The zero-order valence-electron chi connectivity index (χ0n) is 14.4. The van der Waals surface area contributed by atoms with E-state index in [1.807, 2.05) is 47.0 Å². The number of carboxylic acids is 1. The third kappa shape index (κ3) is 3.13. The van der Waals surface area contributed by atoms with Gasteiger partial charge < -0.3 is 9.84 Å². The SMILES string of the molecule is COc1cc(-c2ccc3cnc(-c4cccc(Cl)c4)n3c2)ccc1C(=O)O. The summed E-state index contributed by atoms with van der Waals surface area (Å²) in [7, 11) is 1.46. The van der Waals surface area contributed by atoms with Gasteiger partial charge in [0.2, 0.25) is 0 Å². The number of carbonyl (C=O) groups is 1. The summed E-state index contributed by atoms with van der Waals surface area (Å²) < 4.78 is 7.22. The molecule has 0 fully saturated rings. The highest BCUT2D eigenvalue weighted by Gasteiger charge is 2.13. The van der Waals surface area contributed by atoms with E-state index in [4.69, 9.17) is 16.3 Å². The van der Waals surface area contributed by atoms with Crippen LogP contribution in [0.4, 0.5) is 0 Å². The second-order valence-electron chi connectivity index (χ2n) is 6.03. The van der Waals surface area contributed by atoms with Crippen LogP contribution in [0.1, 0.15) is 10.4 Å². The van der Waals surface area contributed by atoms with Gasteiger partial charge in [-0.05, 0) is 41.5 Å². The molecule has 4 rings (SSSR count). The van der Waals surface area contributed by atoms with Crippen LogP contribution in [-0.2, 0) is 0 Å². The Kier molecular flexibility index (Phi) is 4.30. The first kappa shape index (κ1) is 17.1. The van der Waals surface area contributed by atoms with Gasteiger partial charge in [0.15, 0.2) is 0 Å². The Morgan fingerprint density at radius 3 is 2.63 bits per heavy atom. The number of hydrogen-bond acceptors (Lipinski definition) is 3. The van der Waals surface area contributed by atoms with Gasteiger partial charge in [0.05, 0.1) is 18.8 Å². The highest BCUT2D eigenvalue weighted by molar-refractivity contribution is 6.30. The topological polar surface area (TPSA) is 63.8 Å². The minimum atomic E-state index is -1.02. The average Bonchev–Trinajstić information content (AvgIpc) is 3.10. The first-order valence-corrected chi connectivity index (χ1v) is 8.59. The number of aromatic carboxylic acids is 1.